The Morgan fingerprint density at radius 3 is 2.18 bits per heavy atom. The van der Waals surface area contributed by atoms with E-state index in [0.717, 1.165) is 5.57 Å². The third kappa shape index (κ3) is 4.62. The van der Waals surface area contributed by atoms with Crippen LogP contribution in [-0.4, -0.2) is 12.9 Å². The largest absolute Gasteiger partial charge is 0.466 e. The van der Waals surface area contributed by atoms with Crippen molar-refractivity contribution in [3.63, 3.8) is 0 Å². The Balaban J connectivity index is 3.89. The monoisotopic (exact) mass is 156 g/mol. The summed E-state index contributed by atoms with van der Waals surface area (Å²) in [5, 5.41) is 0. The highest BCUT2D eigenvalue weighted by atomic mass is 16.7. The van der Waals surface area contributed by atoms with Crippen LogP contribution in [0.25, 0.3) is 0 Å². The molecule has 0 radical (unpaired) electrons. The van der Waals surface area contributed by atoms with E-state index in [1.165, 1.54) is 0 Å². The molecule has 11 heavy (non-hydrogen) atoms. The van der Waals surface area contributed by atoms with Gasteiger partial charge in [-0.2, -0.15) is 0 Å². The van der Waals surface area contributed by atoms with Crippen LogP contribution in [0.5, 0.6) is 0 Å². The van der Waals surface area contributed by atoms with Crippen LogP contribution in [0, 0.1) is 0 Å². The van der Waals surface area contributed by atoms with Crippen LogP contribution in [0.3, 0.4) is 0 Å². The van der Waals surface area contributed by atoms with E-state index in [9.17, 15) is 0 Å². The highest BCUT2D eigenvalue weighted by molar-refractivity contribution is 4.95. The Bertz CT molecular complexity index is 150. The summed E-state index contributed by atoms with van der Waals surface area (Å²) in [7, 11) is 0. The van der Waals surface area contributed by atoms with E-state index >= 15 is 0 Å². The van der Waals surface area contributed by atoms with E-state index < -0.39 is 0 Å². The average Bonchev–Trinajstić information content (AvgIpc) is 1.86. The maximum absolute atomic E-state index is 5.24. The molecule has 0 aliphatic carbocycles. The first-order valence-corrected chi connectivity index (χ1v) is 3.67. The lowest BCUT2D eigenvalue weighted by molar-refractivity contribution is -0.0851. The van der Waals surface area contributed by atoms with Gasteiger partial charge in [-0.3, -0.25) is 0 Å². The Labute approximate surface area is 68.5 Å². The molecule has 0 fully saturated rings. The topological polar surface area (TPSA) is 18.5 Å². The van der Waals surface area contributed by atoms with Crippen molar-refractivity contribution in [3.8, 4) is 0 Å². The maximum atomic E-state index is 5.24. The predicted octanol–water partition coefficient (Wildman–Crippen LogP) is 2.48. The molecule has 2 nitrogen and oxygen atoms in total. The van der Waals surface area contributed by atoms with Crippen LogP contribution in [-0.2, 0) is 9.47 Å². The van der Waals surface area contributed by atoms with E-state index in [4.69, 9.17) is 9.47 Å². The van der Waals surface area contributed by atoms with Crippen LogP contribution in [0.15, 0.2) is 24.5 Å². The summed E-state index contributed by atoms with van der Waals surface area (Å²) in [5.74, 6) is 0.645. The highest BCUT2D eigenvalue weighted by Gasteiger charge is 2.08. The van der Waals surface area contributed by atoms with Gasteiger partial charge in [-0.1, -0.05) is 13.2 Å². The summed E-state index contributed by atoms with van der Waals surface area (Å²) in [6, 6.07) is 0. The molecule has 0 saturated carbocycles. The molecule has 64 valence electrons. The van der Waals surface area contributed by atoms with Gasteiger partial charge in [-0.05, 0) is 26.3 Å². The SMILES string of the molecule is C=C(C)OC(OCC)C(=C)C. The second-order valence-corrected chi connectivity index (χ2v) is 2.45. The minimum absolute atomic E-state index is 0.336. The standard InChI is InChI=1S/C9H16O2/c1-6-10-9(7(2)3)11-8(4)5/h9H,2,4,6H2,1,3,5H3. The Morgan fingerprint density at radius 1 is 1.36 bits per heavy atom. The van der Waals surface area contributed by atoms with Crippen molar-refractivity contribution >= 4 is 0 Å². The van der Waals surface area contributed by atoms with Crippen molar-refractivity contribution < 1.29 is 9.47 Å². The molecular weight excluding hydrogens is 140 g/mol. The second-order valence-electron chi connectivity index (χ2n) is 2.45. The molecule has 1 atom stereocenters. The average molecular weight is 156 g/mol. The molecule has 0 aromatic carbocycles. The molecule has 1 unspecified atom stereocenters. The molecular formula is C9H16O2. The zero-order valence-corrected chi connectivity index (χ0v) is 7.52. The zero-order valence-electron chi connectivity index (χ0n) is 7.52. The Hall–Kier alpha value is -0.760. The quantitative estimate of drug-likeness (QED) is 0.346. The highest BCUT2D eigenvalue weighted by Crippen LogP contribution is 2.09. The van der Waals surface area contributed by atoms with Gasteiger partial charge in [0.1, 0.15) is 0 Å². The molecule has 0 aliphatic heterocycles. The van der Waals surface area contributed by atoms with Gasteiger partial charge in [0.25, 0.3) is 0 Å². The Kier molecular flexibility index (Phi) is 4.62. The predicted molar refractivity (Wildman–Crippen MR) is 46.1 cm³/mol. The van der Waals surface area contributed by atoms with Crippen LogP contribution in [0.4, 0.5) is 0 Å². The van der Waals surface area contributed by atoms with E-state index in [2.05, 4.69) is 13.2 Å². The third-order valence-corrected chi connectivity index (χ3v) is 1.03. The number of allylic oxidation sites excluding steroid dienone is 1. The van der Waals surface area contributed by atoms with Crippen molar-refractivity contribution in [3.05, 3.63) is 24.5 Å². The fraction of sp³-hybridized carbons (Fsp3) is 0.556. The molecule has 0 rings (SSSR count). The molecule has 0 bridgehead atoms. The van der Waals surface area contributed by atoms with Crippen LogP contribution < -0.4 is 0 Å². The molecule has 0 aromatic heterocycles. The van der Waals surface area contributed by atoms with E-state index in [0.29, 0.717) is 12.4 Å². The van der Waals surface area contributed by atoms with Gasteiger partial charge in [0.05, 0.1) is 5.76 Å². The van der Waals surface area contributed by atoms with E-state index in [-0.39, 0.29) is 6.29 Å². The van der Waals surface area contributed by atoms with Gasteiger partial charge in [0, 0.05) is 6.61 Å². The fourth-order valence-electron chi connectivity index (χ4n) is 0.611. The van der Waals surface area contributed by atoms with Crippen molar-refractivity contribution in [1.29, 1.82) is 0 Å². The van der Waals surface area contributed by atoms with Gasteiger partial charge >= 0.3 is 0 Å². The van der Waals surface area contributed by atoms with Gasteiger partial charge in [0.2, 0.25) is 6.29 Å². The second kappa shape index (κ2) is 4.97. The lowest BCUT2D eigenvalue weighted by atomic mass is 10.3. The molecule has 0 heterocycles. The summed E-state index contributed by atoms with van der Waals surface area (Å²) < 4.78 is 10.5. The summed E-state index contributed by atoms with van der Waals surface area (Å²) >= 11 is 0. The van der Waals surface area contributed by atoms with Crippen LogP contribution in [0.1, 0.15) is 20.8 Å². The van der Waals surface area contributed by atoms with Crippen molar-refractivity contribution in [2.24, 2.45) is 0 Å². The lowest BCUT2D eigenvalue weighted by Crippen LogP contribution is -2.16. The maximum Gasteiger partial charge on any atom is 0.221 e. The molecule has 2 heteroatoms. The first kappa shape index (κ1) is 10.2. The minimum Gasteiger partial charge on any atom is -0.466 e. The minimum atomic E-state index is -0.336. The zero-order chi connectivity index (χ0) is 8.85. The number of hydrogen-bond acceptors (Lipinski definition) is 2. The van der Waals surface area contributed by atoms with Crippen molar-refractivity contribution in [1.82, 2.24) is 0 Å². The first-order chi connectivity index (χ1) is 5.07. The molecule has 0 amide bonds. The lowest BCUT2D eigenvalue weighted by Gasteiger charge is -2.18. The fourth-order valence-corrected chi connectivity index (χ4v) is 0.611. The number of rotatable bonds is 5. The molecule has 0 aliphatic rings. The van der Waals surface area contributed by atoms with Gasteiger partial charge in [-0.15, -0.1) is 0 Å². The van der Waals surface area contributed by atoms with Crippen LogP contribution >= 0.6 is 0 Å². The summed E-state index contributed by atoms with van der Waals surface area (Å²) in [5.41, 5.74) is 0.856. The summed E-state index contributed by atoms with van der Waals surface area (Å²) in [6.07, 6.45) is -0.336. The van der Waals surface area contributed by atoms with E-state index in [1.54, 1.807) is 6.92 Å². The van der Waals surface area contributed by atoms with Gasteiger partial charge in [-0.25, -0.2) is 0 Å². The van der Waals surface area contributed by atoms with Crippen molar-refractivity contribution in [2.75, 3.05) is 6.61 Å². The molecule has 0 aromatic rings. The number of ether oxygens (including phenoxy) is 2. The van der Waals surface area contributed by atoms with Gasteiger partial charge < -0.3 is 9.47 Å². The third-order valence-electron chi connectivity index (χ3n) is 1.03. The number of hydrogen-bond donors (Lipinski definition) is 0. The summed E-state index contributed by atoms with van der Waals surface area (Å²) in [4.78, 5) is 0. The normalized spacial score (nSPS) is 12.3. The van der Waals surface area contributed by atoms with E-state index in [1.807, 2.05) is 13.8 Å². The Morgan fingerprint density at radius 2 is 1.91 bits per heavy atom. The molecule has 0 saturated heterocycles. The van der Waals surface area contributed by atoms with Crippen LogP contribution in [0.2, 0.25) is 0 Å². The smallest absolute Gasteiger partial charge is 0.221 e. The first-order valence-electron chi connectivity index (χ1n) is 3.67. The molecule has 0 N–H and O–H groups in total. The summed E-state index contributed by atoms with van der Waals surface area (Å²) in [6.45, 7) is 13.5. The van der Waals surface area contributed by atoms with Crippen molar-refractivity contribution in [2.45, 2.75) is 27.1 Å². The molecule has 0 spiro atoms. The van der Waals surface area contributed by atoms with Gasteiger partial charge in [0.15, 0.2) is 0 Å².